The fraction of sp³-hybridized carbons (Fsp3) is 0.333. The summed E-state index contributed by atoms with van der Waals surface area (Å²) < 4.78 is 50.4. The number of sulfonamides is 1. The van der Waals surface area contributed by atoms with Crippen molar-refractivity contribution in [3.05, 3.63) is 65.9 Å². The number of aromatic nitrogens is 2. The van der Waals surface area contributed by atoms with Crippen LogP contribution in [0.2, 0.25) is 0 Å². The van der Waals surface area contributed by atoms with Crippen LogP contribution in [0.15, 0.2) is 59.6 Å². The Morgan fingerprint density at radius 3 is 2.17 bits per heavy atom. The summed E-state index contributed by atoms with van der Waals surface area (Å²) >= 11 is 0. The summed E-state index contributed by atoms with van der Waals surface area (Å²) in [5.41, 5.74) is 2.96. The molecule has 1 fully saturated rings. The Labute approximate surface area is 239 Å². The van der Waals surface area contributed by atoms with Crippen LogP contribution in [0.1, 0.15) is 43.7 Å². The lowest BCUT2D eigenvalue weighted by molar-refractivity contribution is -0.121. The van der Waals surface area contributed by atoms with Gasteiger partial charge in [-0.05, 0) is 61.7 Å². The molecule has 14 heteroatoms. The van der Waals surface area contributed by atoms with Gasteiger partial charge in [-0.3, -0.25) is 9.59 Å². The molecule has 0 saturated heterocycles. The van der Waals surface area contributed by atoms with Gasteiger partial charge in [-0.25, -0.2) is 26.5 Å². The average molecular weight is 601 g/mol. The van der Waals surface area contributed by atoms with Gasteiger partial charge in [0.15, 0.2) is 9.84 Å². The predicted octanol–water partition coefficient (Wildman–Crippen LogP) is 3.07. The van der Waals surface area contributed by atoms with E-state index in [2.05, 4.69) is 25.9 Å². The Kier molecular flexibility index (Phi) is 9.23. The number of amides is 2. The molecule has 2 amide bonds. The van der Waals surface area contributed by atoms with Crippen molar-refractivity contribution >= 4 is 54.8 Å². The van der Waals surface area contributed by atoms with Crippen LogP contribution in [0.3, 0.4) is 0 Å². The third-order valence-corrected chi connectivity index (χ3v) is 9.96. The van der Waals surface area contributed by atoms with Gasteiger partial charge >= 0.3 is 0 Å². The highest BCUT2D eigenvalue weighted by Crippen LogP contribution is 2.29. The first kappa shape index (κ1) is 29.9. The zero-order valence-corrected chi connectivity index (χ0v) is 24.3. The summed E-state index contributed by atoms with van der Waals surface area (Å²) in [5.74, 6) is -0.158. The Morgan fingerprint density at radius 2 is 1.54 bits per heavy atom. The highest BCUT2D eigenvalue weighted by atomic mass is 32.2. The van der Waals surface area contributed by atoms with Gasteiger partial charge < -0.3 is 16.0 Å². The van der Waals surface area contributed by atoms with Crippen LogP contribution in [-0.2, 0) is 36.0 Å². The normalized spacial score (nSPS) is 13.3. The zero-order valence-electron chi connectivity index (χ0n) is 22.7. The smallest absolute Gasteiger partial charge is 0.264 e. The van der Waals surface area contributed by atoms with Gasteiger partial charge in [0.1, 0.15) is 5.82 Å². The van der Waals surface area contributed by atoms with Gasteiger partial charge in [-0.15, -0.1) is 0 Å². The van der Waals surface area contributed by atoms with Crippen molar-refractivity contribution in [2.45, 2.75) is 56.2 Å². The van der Waals surface area contributed by atoms with Crippen molar-refractivity contribution in [3.8, 4) is 0 Å². The maximum absolute atomic E-state index is 12.3. The van der Waals surface area contributed by atoms with Crippen LogP contribution in [0.25, 0.3) is 0 Å². The molecular formula is C27H32N6O6S2. The van der Waals surface area contributed by atoms with Crippen LogP contribution in [0, 0.1) is 6.92 Å². The number of rotatable bonds is 13. The number of nitrogens with zero attached hydrogens (tertiary/aromatic N) is 2. The summed E-state index contributed by atoms with van der Waals surface area (Å²) in [7, 11) is -7.09. The van der Waals surface area contributed by atoms with Crippen LogP contribution >= 0.6 is 0 Å². The third-order valence-electron chi connectivity index (χ3n) is 6.31. The van der Waals surface area contributed by atoms with Gasteiger partial charge in [-0.2, -0.15) is 4.98 Å². The summed E-state index contributed by atoms with van der Waals surface area (Å²) in [6.45, 7) is 3.70. The van der Waals surface area contributed by atoms with Crippen molar-refractivity contribution in [1.82, 2.24) is 20.0 Å². The zero-order chi connectivity index (χ0) is 29.6. The lowest BCUT2D eigenvalue weighted by atomic mass is 10.2. The van der Waals surface area contributed by atoms with Gasteiger partial charge in [-0.1, -0.05) is 19.1 Å². The minimum Gasteiger partial charge on any atom is -0.352 e. The van der Waals surface area contributed by atoms with Gasteiger partial charge in [0.05, 0.1) is 15.9 Å². The number of aryl methyl sites for hydroxylation is 1. The monoisotopic (exact) mass is 600 g/mol. The van der Waals surface area contributed by atoms with Crippen LogP contribution in [0.4, 0.5) is 23.1 Å². The van der Waals surface area contributed by atoms with E-state index in [0.717, 1.165) is 16.8 Å². The molecule has 0 aliphatic heterocycles. The number of hydrogen-bond donors (Lipinski definition) is 4. The summed E-state index contributed by atoms with van der Waals surface area (Å²) in [6.07, 6.45) is 3.05. The number of hydrogen-bond acceptors (Lipinski definition) is 10. The maximum Gasteiger partial charge on any atom is 0.264 e. The van der Waals surface area contributed by atoms with E-state index < -0.39 is 25.8 Å². The fourth-order valence-corrected chi connectivity index (χ4v) is 6.43. The van der Waals surface area contributed by atoms with Crippen molar-refractivity contribution in [2.24, 2.45) is 0 Å². The molecule has 4 rings (SSSR count). The maximum atomic E-state index is 12.3. The number of carbonyl (C=O) groups excluding carboxylic acids is 2. The number of benzene rings is 2. The summed E-state index contributed by atoms with van der Waals surface area (Å²) in [4.78, 5) is 32.3. The third kappa shape index (κ3) is 8.47. The van der Waals surface area contributed by atoms with E-state index in [1.165, 1.54) is 12.1 Å². The van der Waals surface area contributed by atoms with Crippen molar-refractivity contribution in [3.63, 3.8) is 0 Å². The molecule has 1 aliphatic rings. The first-order chi connectivity index (χ1) is 19.4. The summed E-state index contributed by atoms with van der Waals surface area (Å²) in [5, 5.41) is 8.76. The second kappa shape index (κ2) is 12.6. The molecule has 218 valence electrons. The van der Waals surface area contributed by atoms with Crippen molar-refractivity contribution < 1.29 is 26.4 Å². The Hall–Kier alpha value is -4.04. The number of carbonyl (C=O) groups is 2. The second-order valence-electron chi connectivity index (χ2n) is 9.67. The van der Waals surface area contributed by atoms with Gasteiger partial charge in [0.2, 0.25) is 17.8 Å². The lowest BCUT2D eigenvalue weighted by Crippen LogP contribution is -2.29. The van der Waals surface area contributed by atoms with E-state index in [1.807, 2.05) is 35.9 Å². The van der Waals surface area contributed by atoms with E-state index in [9.17, 15) is 26.4 Å². The second-order valence-corrected chi connectivity index (χ2v) is 13.8. The Morgan fingerprint density at radius 1 is 0.902 bits per heavy atom. The predicted molar refractivity (Wildman–Crippen MR) is 155 cm³/mol. The quantitative estimate of drug-likeness (QED) is 0.228. The SMILES string of the molecule is CCC(=O)NS(=O)(=O)c1ccc(Nc2ncc(C)c(Nc3ccc(CNC(=O)CCS(=O)(=O)C4CC4)cc3)n2)cc1. The molecule has 0 unspecified atom stereocenters. The first-order valence-corrected chi connectivity index (χ1v) is 16.3. The van der Waals surface area contributed by atoms with E-state index in [1.54, 1.807) is 25.3 Å². The molecule has 0 radical (unpaired) electrons. The standard InChI is InChI=1S/C27H32N6O6S2/c1-3-24(34)33-41(38,39)23-10-8-21(9-11-23)31-27-29-16-18(2)26(32-27)30-20-6-4-19(5-7-20)17-28-25(35)14-15-40(36,37)22-12-13-22/h4-11,16,22H,3,12-15,17H2,1-2H3,(H,28,35)(H,33,34)(H2,29,30,31,32). The topological polar surface area (TPSA) is 176 Å². The van der Waals surface area contributed by atoms with Gasteiger partial charge in [0.25, 0.3) is 10.0 Å². The van der Waals surface area contributed by atoms with E-state index in [4.69, 9.17) is 0 Å². The molecule has 2 aromatic carbocycles. The van der Waals surface area contributed by atoms with Crippen LogP contribution in [0.5, 0.6) is 0 Å². The molecule has 0 bridgehead atoms. The molecule has 41 heavy (non-hydrogen) atoms. The number of anilines is 4. The molecular weight excluding hydrogens is 568 g/mol. The number of sulfone groups is 1. The van der Waals surface area contributed by atoms with Crippen LogP contribution in [-0.4, -0.2) is 49.6 Å². The lowest BCUT2D eigenvalue weighted by Gasteiger charge is -2.12. The van der Waals surface area contributed by atoms with Crippen molar-refractivity contribution in [1.29, 1.82) is 0 Å². The minimum absolute atomic E-state index is 0.0394. The van der Waals surface area contributed by atoms with E-state index >= 15 is 0 Å². The molecule has 1 aromatic heterocycles. The molecule has 1 heterocycles. The Bertz CT molecular complexity index is 1620. The molecule has 0 spiro atoms. The highest BCUT2D eigenvalue weighted by Gasteiger charge is 2.35. The fourth-order valence-electron chi connectivity index (χ4n) is 3.72. The molecule has 12 nitrogen and oxygen atoms in total. The molecule has 1 aliphatic carbocycles. The van der Waals surface area contributed by atoms with Crippen molar-refractivity contribution in [2.75, 3.05) is 16.4 Å². The number of nitrogens with one attached hydrogen (secondary N) is 4. The summed E-state index contributed by atoms with van der Waals surface area (Å²) in [6, 6.07) is 13.2. The van der Waals surface area contributed by atoms with E-state index in [0.29, 0.717) is 24.3 Å². The van der Waals surface area contributed by atoms with Crippen LogP contribution < -0.4 is 20.7 Å². The highest BCUT2D eigenvalue weighted by molar-refractivity contribution is 7.92. The average Bonchev–Trinajstić information content (AvgIpc) is 3.80. The van der Waals surface area contributed by atoms with E-state index in [-0.39, 0.29) is 47.1 Å². The molecule has 1 saturated carbocycles. The minimum atomic E-state index is -3.94. The van der Waals surface area contributed by atoms with Gasteiger partial charge in [0, 0.05) is 42.5 Å². The molecule has 0 atom stereocenters. The Balaban J connectivity index is 1.32. The molecule has 3 aromatic rings. The first-order valence-electron chi connectivity index (χ1n) is 13.1. The molecule has 4 N–H and O–H groups in total. The largest absolute Gasteiger partial charge is 0.352 e.